The fraction of sp³-hybridized carbons (Fsp3) is 0.632. The van der Waals surface area contributed by atoms with E-state index in [1.54, 1.807) is 24.4 Å². The summed E-state index contributed by atoms with van der Waals surface area (Å²) in [6, 6.07) is 4.93. The monoisotopic (exact) mass is 361 g/mol. The van der Waals surface area contributed by atoms with E-state index in [0.29, 0.717) is 12.2 Å². The molecule has 3 rings (SSSR count). The number of aliphatic hydroxyl groups is 1. The van der Waals surface area contributed by atoms with Crippen molar-refractivity contribution < 1.29 is 19.4 Å². The van der Waals surface area contributed by atoms with Crippen LogP contribution >= 0.6 is 0 Å². The standard InChI is InChI=1S/C19H27N3O4/c23-12-17-15(22-19(25)16-6-1-2-10-20-16)8-7-14(26-17)9-11-21-18(24)13-4-3-5-13/h1-2,6,10,13-15,17,23H,3-5,7-9,11-12H2,(H,21,24)(H,22,25)/t14-,15+,17-/m1/s1. The molecule has 3 atom stereocenters. The van der Waals surface area contributed by atoms with Crippen LogP contribution in [0.15, 0.2) is 24.4 Å². The number of aromatic nitrogens is 1. The average molecular weight is 361 g/mol. The summed E-state index contributed by atoms with van der Waals surface area (Å²) in [5, 5.41) is 15.5. The number of rotatable bonds is 7. The molecule has 1 saturated carbocycles. The van der Waals surface area contributed by atoms with Crippen molar-refractivity contribution in [3.63, 3.8) is 0 Å². The smallest absolute Gasteiger partial charge is 0.270 e. The van der Waals surface area contributed by atoms with E-state index in [4.69, 9.17) is 4.74 Å². The van der Waals surface area contributed by atoms with Gasteiger partial charge in [-0.15, -0.1) is 0 Å². The highest BCUT2D eigenvalue weighted by Crippen LogP contribution is 2.26. The lowest BCUT2D eigenvalue weighted by Crippen LogP contribution is -2.51. The predicted octanol–water partition coefficient (Wildman–Crippen LogP) is 1.03. The first-order valence-corrected chi connectivity index (χ1v) is 9.43. The van der Waals surface area contributed by atoms with E-state index in [0.717, 1.165) is 38.5 Å². The summed E-state index contributed by atoms with van der Waals surface area (Å²) in [6.07, 6.45) is 6.48. The molecule has 0 spiro atoms. The van der Waals surface area contributed by atoms with E-state index >= 15 is 0 Å². The predicted molar refractivity (Wildman–Crippen MR) is 95.4 cm³/mol. The van der Waals surface area contributed by atoms with Gasteiger partial charge in [-0.25, -0.2) is 0 Å². The van der Waals surface area contributed by atoms with E-state index in [1.807, 2.05) is 0 Å². The Kier molecular flexibility index (Phi) is 6.57. The van der Waals surface area contributed by atoms with E-state index in [1.165, 1.54) is 0 Å². The number of hydrogen-bond donors (Lipinski definition) is 3. The third kappa shape index (κ3) is 4.80. The summed E-state index contributed by atoms with van der Waals surface area (Å²) in [7, 11) is 0. The molecule has 1 aliphatic carbocycles. The van der Waals surface area contributed by atoms with Crippen LogP contribution in [0.1, 0.15) is 49.0 Å². The number of carbonyl (C=O) groups excluding carboxylic acids is 2. The maximum Gasteiger partial charge on any atom is 0.270 e. The first kappa shape index (κ1) is 18.8. The molecular weight excluding hydrogens is 334 g/mol. The van der Waals surface area contributed by atoms with Crippen LogP contribution in [0.5, 0.6) is 0 Å². The molecule has 1 aromatic heterocycles. The molecule has 26 heavy (non-hydrogen) atoms. The van der Waals surface area contributed by atoms with Crippen molar-refractivity contribution in [2.75, 3.05) is 13.2 Å². The van der Waals surface area contributed by atoms with Gasteiger partial charge in [0.15, 0.2) is 0 Å². The van der Waals surface area contributed by atoms with Gasteiger partial charge in [-0.2, -0.15) is 0 Å². The molecule has 1 aliphatic heterocycles. The third-order valence-electron chi connectivity index (χ3n) is 5.25. The van der Waals surface area contributed by atoms with Crippen molar-refractivity contribution in [1.29, 1.82) is 0 Å². The van der Waals surface area contributed by atoms with Gasteiger partial charge in [0.25, 0.3) is 5.91 Å². The van der Waals surface area contributed by atoms with Crippen LogP contribution < -0.4 is 10.6 Å². The highest BCUT2D eigenvalue weighted by molar-refractivity contribution is 5.92. The number of amides is 2. The Morgan fingerprint density at radius 3 is 2.73 bits per heavy atom. The van der Waals surface area contributed by atoms with Crippen LogP contribution in [0.25, 0.3) is 0 Å². The highest BCUT2D eigenvalue weighted by Gasteiger charge is 2.32. The lowest BCUT2D eigenvalue weighted by Gasteiger charge is -2.36. The molecule has 1 aromatic rings. The van der Waals surface area contributed by atoms with Gasteiger partial charge in [-0.1, -0.05) is 12.5 Å². The van der Waals surface area contributed by atoms with Crippen molar-refractivity contribution in [2.24, 2.45) is 5.92 Å². The molecule has 7 heteroatoms. The van der Waals surface area contributed by atoms with Gasteiger partial charge in [0.1, 0.15) is 11.8 Å². The van der Waals surface area contributed by atoms with Crippen molar-refractivity contribution in [2.45, 2.75) is 56.8 Å². The zero-order valence-electron chi connectivity index (χ0n) is 14.9. The van der Waals surface area contributed by atoms with Crippen LogP contribution in [-0.2, 0) is 9.53 Å². The average Bonchev–Trinajstić information content (AvgIpc) is 2.62. The highest BCUT2D eigenvalue weighted by atomic mass is 16.5. The van der Waals surface area contributed by atoms with Crippen molar-refractivity contribution in [3.8, 4) is 0 Å². The van der Waals surface area contributed by atoms with Crippen molar-refractivity contribution in [1.82, 2.24) is 15.6 Å². The lowest BCUT2D eigenvalue weighted by molar-refractivity contribution is -0.127. The van der Waals surface area contributed by atoms with Crippen molar-refractivity contribution in [3.05, 3.63) is 30.1 Å². The molecule has 2 amide bonds. The van der Waals surface area contributed by atoms with Crippen LogP contribution in [0.2, 0.25) is 0 Å². The number of aliphatic hydroxyl groups excluding tert-OH is 1. The summed E-state index contributed by atoms with van der Waals surface area (Å²) < 4.78 is 5.93. The molecule has 0 radical (unpaired) electrons. The molecule has 3 N–H and O–H groups in total. The molecule has 2 heterocycles. The van der Waals surface area contributed by atoms with Gasteiger partial charge in [0, 0.05) is 18.7 Å². The number of carbonyl (C=O) groups is 2. The minimum Gasteiger partial charge on any atom is -0.394 e. The first-order chi connectivity index (χ1) is 12.7. The Bertz CT molecular complexity index is 606. The summed E-state index contributed by atoms with van der Waals surface area (Å²) in [5.41, 5.74) is 0.352. The van der Waals surface area contributed by atoms with E-state index in [9.17, 15) is 14.7 Å². The minimum atomic E-state index is -0.441. The molecule has 7 nitrogen and oxygen atoms in total. The van der Waals surface area contributed by atoms with Gasteiger partial charge in [-0.3, -0.25) is 14.6 Å². The second-order valence-electron chi connectivity index (χ2n) is 7.06. The molecule has 0 aromatic carbocycles. The zero-order valence-corrected chi connectivity index (χ0v) is 14.9. The molecule has 0 unspecified atom stereocenters. The number of ether oxygens (including phenoxy) is 1. The normalized spacial score (nSPS) is 26.0. The molecular formula is C19H27N3O4. The summed E-state index contributed by atoms with van der Waals surface area (Å²) in [5.74, 6) is 0.0776. The maximum atomic E-state index is 12.2. The number of pyridine rings is 1. The van der Waals surface area contributed by atoms with Crippen molar-refractivity contribution >= 4 is 11.8 Å². The van der Waals surface area contributed by atoms with Gasteiger partial charge >= 0.3 is 0 Å². The van der Waals surface area contributed by atoms with Gasteiger partial charge < -0.3 is 20.5 Å². The molecule has 0 bridgehead atoms. The van der Waals surface area contributed by atoms with E-state index in [2.05, 4.69) is 15.6 Å². The number of hydrogen-bond acceptors (Lipinski definition) is 5. The van der Waals surface area contributed by atoms with Gasteiger partial charge in [-0.05, 0) is 44.2 Å². The Balaban J connectivity index is 1.43. The number of nitrogens with one attached hydrogen (secondary N) is 2. The van der Waals surface area contributed by atoms with Crippen LogP contribution in [0.4, 0.5) is 0 Å². The number of nitrogens with zero attached hydrogens (tertiary/aromatic N) is 1. The lowest BCUT2D eigenvalue weighted by atomic mass is 9.85. The molecule has 1 saturated heterocycles. The minimum absolute atomic E-state index is 0.0168. The second kappa shape index (κ2) is 9.09. The Morgan fingerprint density at radius 1 is 1.23 bits per heavy atom. The Hall–Kier alpha value is -1.99. The third-order valence-corrected chi connectivity index (χ3v) is 5.25. The zero-order chi connectivity index (χ0) is 18.4. The summed E-state index contributed by atoms with van der Waals surface area (Å²) >= 11 is 0. The largest absolute Gasteiger partial charge is 0.394 e. The Morgan fingerprint density at radius 2 is 2.08 bits per heavy atom. The topological polar surface area (TPSA) is 101 Å². The van der Waals surface area contributed by atoms with E-state index < -0.39 is 6.10 Å². The first-order valence-electron chi connectivity index (χ1n) is 9.43. The second-order valence-corrected chi connectivity index (χ2v) is 7.06. The summed E-state index contributed by atoms with van der Waals surface area (Å²) in [4.78, 5) is 28.1. The quantitative estimate of drug-likeness (QED) is 0.673. The molecule has 142 valence electrons. The molecule has 2 aliphatic rings. The Labute approximate surface area is 153 Å². The summed E-state index contributed by atoms with van der Waals surface area (Å²) in [6.45, 7) is 0.432. The maximum absolute atomic E-state index is 12.2. The van der Waals surface area contributed by atoms with E-state index in [-0.39, 0.29) is 36.5 Å². The SMILES string of the molecule is O=C(N[C@H]1CC[C@H](CCNC(=O)C2CCC2)O[C@@H]1CO)c1ccccn1. The fourth-order valence-electron chi connectivity index (χ4n) is 3.42. The van der Waals surface area contributed by atoms with Gasteiger partial charge in [0.2, 0.25) is 5.91 Å². The van der Waals surface area contributed by atoms with Crippen LogP contribution in [0.3, 0.4) is 0 Å². The van der Waals surface area contributed by atoms with Gasteiger partial charge in [0.05, 0.1) is 18.8 Å². The fourth-order valence-corrected chi connectivity index (χ4v) is 3.42. The molecule has 2 fully saturated rings. The van der Waals surface area contributed by atoms with Crippen LogP contribution in [-0.4, -0.2) is 53.3 Å². The van der Waals surface area contributed by atoms with Crippen LogP contribution in [0, 0.1) is 5.92 Å².